The first-order chi connectivity index (χ1) is 8.79. The minimum atomic E-state index is 0.345. The summed E-state index contributed by atoms with van der Waals surface area (Å²) < 4.78 is 0. The first kappa shape index (κ1) is 15.0. The molecule has 1 rings (SSSR count). The SMILES string of the molecule is CCCCCCCCCc1cccc(O)c1CN. The number of unbranched alkanes of at least 4 members (excludes halogenated alkanes) is 6. The molecule has 0 bridgehead atoms. The van der Waals surface area contributed by atoms with E-state index < -0.39 is 0 Å². The van der Waals surface area contributed by atoms with Crippen molar-refractivity contribution in [3.8, 4) is 5.75 Å². The van der Waals surface area contributed by atoms with E-state index in [9.17, 15) is 5.11 Å². The number of rotatable bonds is 9. The minimum absolute atomic E-state index is 0.345. The van der Waals surface area contributed by atoms with E-state index in [-0.39, 0.29) is 0 Å². The Bertz CT molecular complexity index is 336. The summed E-state index contributed by atoms with van der Waals surface area (Å²) in [5.74, 6) is 0.345. The third-order valence-electron chi connectivity index (χ3n) is 3.50. The van der Waals surface area contributed by atoms with Crippen molar-refractivity contribution in [2.24, 2.45) is 5.73 Å². The lowest BCUT2D eigenvalue weighted by Crippen LogP contribution is -2.02. The van der Waals surface area contributed by atoms with E-state index in [0.717, 1.165) is 12.0 Å². The molecule has 0 aromatic heterocycles. The minimum Gasteiger partial charge on any atom is -0.508 e. The van der Waals surface area contributed by atoms with Crippen LogP contribution < -0.4 is 5.73 Å². The van der Waals surface area contributed by atoms with Crippen LogP contribution in [-0.4, -0.2) is 5.11 Å². The van der Waals surface area contributed by atoms with E-state index >= 15 is 0 Å². The average molecular weight is 249 g/mol. The Kier molecular flexibility index (Phi) is 7.51. The van der Waals surface area contributed by atoms with Crippen LogP contribution in [-0.2, 0) is 13.0 Å². The highest BCUT2D eigenvalue weighted by Gasteiger charge is 2.05. The molecule has 0 amide bonds. The normalized spacial score (nSPS) is 10.8. The summed E-state index contributed by atoms with van der Waals surface area (Å²) in [6.07, 6.45) is 10.2. The maximum Gasteiger partial charge on any atom is 0.120 e. The molecule has 18 heavy (non-hydrogen) atoms. The molecule has 102 valence electrons. The highest BCUT2D eigenvalue weighted by atomic mass is 16.3. The molecule has 1 aromatic carbocycles. The molecule has 3 N–H and O–H groups in total. The molecule has 0 saturated carbocycles. The van der Waals surface area contributed by atoms with Crippen molar-refractivity contribution in [3.05, 3.63) is 29.3 Å². The Morgan fingerprint density at radius 2 is 1.67 bits per heavy atom. The molecule has 0 fully saturated rings. The highest BCUT2D eigenvalue weighted by Crippen LogP contribution is 2.22. The Morgan fingerprint density at radius 3 is 2.33 bits per heavy atom. The largest absolute Gasteiger partial charge is 0.508 e. The zero-order valence-electron chi connectivity index (χ0n) is 11.6. The van der Waals surface area contributed by atoms with Gasteiger partial charge in [-0.1, -0.05) is 57.6 Å². The summed E-state index contributed by atoms with van der Waals surface area (Å²) in [6, 6.07) is 5.71. The van der Waals surface area contributed by atoms with Crippen molar-refractivity contribution < 1.29 is 5.11 Å². The van der Waals surface area contributed by atoms with E-state index in [2.05, 4.69) is 13.0 Å². The van der Waals surface area contributed by atoms with Crippen molar-refractivity contribution in [1.82, 2.24) is 0 Å². The standard InChI is InChI=1S/C16H27NO/c1-2-3-4-5-6-7-8-10-14-11-9-12-16(18)15(14)13-17/h9,11-12,18H,2-8,10,13,17H2,1H3. The number of hydrogen-bond acceptors (Lipinski definition) is 2. The highest BCUT2D eigenvalue weighted by molar-refractivity contribution is 5.39. The number of aromatic hydroxyl groups is 1. The van der Waals surface area contributed by atoms with Gasteiger partial charge < -0.3 is 10.8 Å². The lowest BCUT2D eigenvalue weighted by molar-refractivity contribution is 0.467. The van der Waals surface area contributed by atoms with Gasteiger partial charge in [-0.2, -0.15) is 0 Å². The van der Waals surface area contributed by atoms with Gasteiger partial charge in [0.15, 0.2) is 0 Å². The lowest BCUT2D eigenvalue weighted by Gasteiger charge is -2.09. The van der Waals surface area contributed by atoms with E-state index in [4.69, 9.17) is 5.73 Å². The van der Waals surface area contributed by atoms with Crippen molar-refractivity contribution in [2.45, 2.75) is 64.8 Å². The second-order valence-electron chi connectivity index (χ2n) is 4.99. The molecular weight excluding hydrogens is 222 g/mol. The van der Waals surface area contributed by atoms with Crippen molar-refractivity contribution in [2.75, 3.05) is 0 Å². The molecule has 1 aromatic rings. The predicted octanol–water partition coefficient (Wildman–Crippen LogP) is 4.14. The Hall–Kier alpha value is -1.02. The Balaban J connectivity index is 2.25. The molecule has 0 unspecified atom stereocenters. The monoisotopic (exact) mass is 249 g/mol. The van der Waals surface area contributed by atoms with Crippen LogP contribution >= 0.6 is 0 Å². The van der Waals surface area contributed by atoms with Crippen LogP contribution in [0.5, 0.6) is 5.75 Å². The average Bonchev–Trinajstić information content (AvgIpc) is 2.38. The number of aryl methyl sites for hydroxylation is 1. The second-order valence-corrected chi connectivity index (χ2v) is 4.99. The van der Waals surface area contributed by atoms with Gasteiger partial charge in [0.1, 0.15) is 5.75 Å². The van der Waals surface area contributed by atoms with E-state index in [0.29, 0.717) is 12.3 Å². The number of hydrogen-bond donors (Lipinski definition) is 2. The molecule has 0 aliphatic heterocycles. The number of benzene rings is 1. The number of phenols is 1. The molecule has 0 aliphatic rings. The van der Waals surface area contributed by atoms with Crippen LogP contribution in [0.4, 0.5) is 0 Å². The van der Waals surface area contributed by atoms with Gasteiger partial charge in [0, 0.05) is 12.1 Å². The van der Waals surface area contributed by atoms with Crippen molar-refractivity contribution in [3.63, 3.8) is 0 Å². The summed E-state index contributed by atoms with van der Waals surface area (Å²) in [4.78, 5) is 0. The summed E-state index contributed by atoms with van der Waals surface area (Å²) in [7, 11) is 0. The van der Waals surface area contributed by atoms with E-state index in [1.165, 1.54) is 50.5 Å². The van der Waals surface area contributed by atoms with Gasteiger partial charge in [-0.15, -0.1) is 0 Å². The second kappa shape index (κ2) is 8.98. The van der Waals surface area contributed by atoms with Crippen molar-refractivity contribution in [1.29, 1.82) is 0 Å². The number of nitrogens with two attached hydrogens (primary N) is 1. The molecule has 0 radical (unpaired) electrons. The third kappa shape index (κ3) is 5.09. The molecule has 2 nitrogen and oxygen atoms in total. The Labute approximate surface area is 111 Å². The molecule has 0 heterocycles. The predicted molar refractivity (Wildman–Crippen MR) is 77.7 cm³/mol. The first-order valence-electron chi connectivity index (χ1n) is 7.29. The van der Waals surface area contributed by atoms with Gasteiger partial charge in [-0.25, -0.2) is 0 Å². The fraction of sp³-hybridized carbons (Fsp3) is 0.625. The van der Waals surface area contributed by atoms with Crippen LogP contribution in [0.15, 0.2) is 18.2 Å². The number of phenolic OH excluding ortho intramolecular Hbond substituents is 1. The molecule has 0 aliphatic carbocycles. The van der Waals surface area contributed by atoms with E-state index in [1.807, 2.05) is 6.07 Å². The molecule has 0 spiro atoms. The van der Waals surface area contributed by atoms with Crippen LogP contribution in [0.1, 0.15) is 63.0 Å². The first-order valence-corrected chi connectivity index (χ1v) is 7.29. The van der Waals surface area contributed by atoms with Crippen molar-refractivity contribution >= 4 is 0 Å². The lowest BCUT2D eigenvalue weighted by atomic mass is 9.99. The summed E-state index contributed by atoms with van der Waals surface area (Å²) in [6.45, 7) is 2.68. The van der Waals surface area contributed by atoms with Crippen LogP contribution in [0, 0.1) is 0 Å². The summed E-state index contributed by atoms with van der Waals surface area (Å²) >= 11 is 0. The maximum absolute atomic E-state index is 9.71. The fourth-order valence-electron chi connectivity index (χ4n) is 2.36. The maximum atomic E-state index is 9.71. The van der Waals surface area contributed by atoms with Gasteiger partial charge in [0.2, 0.25) is 0 Å². The van der Waals surface area contributed by atoms with Gasteiger partial charge in [-0.3, -0.25) is 0 Å². The zero-order chi connectivity index (χ0) is 13.2. The molecule has 2 heteroatoms. The van der Waals surface area contributed by atoms with Crippen LogP contribution in [0.2, 0.25) is 0 Å². The quantitative estimate of drug-likeness (QED) is 0.646. The summed E-state index contributed by atoms with van der Waals surface area (Å²) in [5, 5.41) is 9.71. The summed E-state index contributed by atoms with van der Waals surface area (Å²) in [5.41, 5.74) is 7.81. The van der Waals surface area contributed by atoms with Crippen LogP contribution in [0.25, 0.3) is 0 Å². The Morgan fingerprint density at radius 1 is 1.00 bits per heavy atom. The smallest absolute Gasteiger partial charge is 0.120 e. The van der Waals surface area contributed by atoms with E-state index in [1.54, 1.807) is 6.07 Å². The molecule has 0 atom stereocenters. The van der Waals surface area contributed by atoms with Gasteiger partial charge in [-0.05, 0) is 24.5 Å². The third-order valence-corrected chi connectivity index (χ3v) is 3.50. The van der Waals surface area contributed by atoms with Gasteiger partial charge >= 0.3 is 0 Å². The van der Waals surface area contributed by atoms with Crippen LogP contribution in [0.3, 0.4) is 0 Å². The molecule has 0 saturated heterocycles. The fourth-order valence-corrected chi connectivity index (χ4v) is 2.36. The zero-order valence-corrected chi connectivity index (χ0v) is 11.6. The molecular formula is C16H27NO. The van der Waals surface area contributed by atoms with Gasteiger partial charge in [0.25, 0.3) is 0 Å². The topological polar surface area (TPSA) is 46.2 Å². The van der Waals surface area contributed by atoms with Gasteiger partial charge in [0.05, 0.1) is 0 Å².